The second kappa shape index (κ2) is 7.93. The van der Waals surface area contributed by atoms with Crippen LogP contribution < -0.4 is 5.32 Å². The van der Waals surface area contributed by atoms with Crippen molar-refractivity contribution in [2.45, 2.75) is 0 Å². The second-order valence-electron chi connectivity index (χ2n) is 5.46. The number of ether oxygens (including phenoxy) is 1. The van der Waals surface area contributed by atoms with Crippen LogP contribution in [0, 0.1) is 0 Å². The van der Waals surface area contributed by atoms with Crippen molar-refractivity contribution in [1.82, 2.24) is 0 Å². The number of nitrogens with one attached hydrogen (secondary N) is 1. The van der Waals surface area contributed by atoms with Crippen LogP contribution in [-0.2, 0) is 14.3 Å². The van der Waals surface area contributed by atoms with Crippen LogP contribution >= 0.6 is 0 Å². The Labute approximate surface area is 145 Å². The van der Waals surface area contributed by atoms with E-state index in [-0.39, 0.29) is 12.5 Å². The van der Waals surface area contributed by atoms with E-state index in [1.165, 1.54) is 6.08 Å². The number of anilines is 1. The Balaban J connectivity index is 1.51. The number of carbonyl (C=O) groups excluding carboxylic acids is 2. The Morgan fingerprint density at radius 3 is 2.40 bits per heavy atom. The summed E-state index contributed by atoms with van der Waals surface area (Å²) in [5.74, 6) is -0.936. The summed E-state index contributed by atoms with van der Waals surface area (Å²) < 4.78 is 4.95. The summed E-state index contributed by atoms with van der Waals surface area (Å²) in [6.07, 6.45) is 2.95. The first-order valence-electron chi connectivity index (χ1n) is 7.89. The van der Waals surface area contributed by atoms with Gasteiger partial charge in [-0.05, 0) is 34.5 Å². The quantitative estimate of drug-likeness (QED) is 0.567. The first kappa shape index (κ1) is 16.5. The first-order chi connectivity index (χ1) is 12.2. The molecule has 3 aromatic carbocycles. The summed E-state index contributed by atoms with van der Waals surface area (Å²) in [4.78, 5) is 23.6. The molecule has 124 valence electrons. The molecule has 3 rings (SSSR count). The largest absolute Gasteiger partial charge is 0.452 e. The molecule has 3 aromatic rings. The van der Waals surface area contributed by atoms with Crippen LogP contribution in [-0.4, -0.2) is 18.5 Å². The summed E-state index contributed by atoms with van der Waals surface area (Å²) in [5, 5.41) is 4.85. The standard InChI is InChI=1S/C21H17NO3/c23-20(15-25-21(24)13-10-16-6-2-1-3-7-16)22-19-12-11-17-8-4-5-9-18(17)14-19/h1-14H,15H2,(H,22,23). The van der Waals surface area contributed by atoms with E-state index < -0.39 is 5.97 Å². The second-order valence-corrected chi connectivity index (χ2v) is 5.46. The molecule has 0 aromatic heterocycles. The van der Waals surface area contributed by atoms with Gasteiger partial charge in [0.25, 0.3) is 5.91 Å². The van der Waals surface area contributed by atoms with Crippen LogP contribution in [0.15, 0.2) is 78.9 Å². The van der Waals surface area contributed by atoms with Crippen molar-refractivity contribution in [3.05, 3.63) is 84.4 Å². The molecule has 0 aliphatic rings. The maximum atomic E-state index is 11.9. The fourth-order valence-corrected chi connectivity index (χ4v) is 2.38. The van der Waals surface area contributed by atoms with Crippen molar-refractivity contribution in [1.29, 1.82) is 0 Å². The average molecular weight is 331 g/mol. The molecule has 0 bridgehead atoms. The van der Waals surface area contributed by atoms with Gasteiger partial charge in [0.1, 0.15) is 0 Å². The predicted octanol–water partition coefficient (Wildman–Crippen LogP) is 4.03. The lowest BCUT2D eigenvalue weighted by Crippen LogP contribution is -2.20. The fraction of sp³-hybridized carbons (Fsp3) is 0.0476. The van der Waals surface area contributed by atoms with Gasteiger partial charge in [0.15, 0.2) is 6.61 Å². The van der Waals surface area contributed by atoms with Gasteiger partial charge in [0.05, 0.1) is 0 Å². The van der Waals surface area contributed by atoms with Gasteiger partial charge in [0.2, 0.25) is 0 Å². The normalized spacial score (nSPS) is 10.7. The highest BCUT2D eigenvalue weighted by molar-refractivity contribution is 5.96. The van der Waals surface area contributed by atoms with Crippen LogP contribution in [0.4, 0.5) is 5.69 Å². The summed E-state index contributed by atoms with van der Waals surface area (Å²) in [5.41, 5.74) is 1.56. The molecule has 0 radical (unpaired) electrons. The topological polar surface area (TPSA) is 55.4 Å². The van der Waals surface area contributed by atoms with Gasteiger partial charge >= 0.3 is 5.97 Å². The maximum absolute atomic E-state index is 11.9. The van der Waals surface area contributed by atoms with E-state index in [9.17, 15) is 9.59 Å². The number of esters is 1. The van der Waals surface area contributed by atoms with Crippen LogP contribution in [0.1, 0.15) is 5.56 Å². The number of hydrogen-bond donors (Lipinski definition) is 1. The lowest BCUT2D eigenvalue weighted by molar-refractivity contribution is -0.142. The zero-order valence-corrected chi connectivity index (χ0v) is 13.5. The fourth-order valence-electron chi connectivity index (χ4n) is 2.38. The highest BCUT2D eigenvalue weighted by atomic mass is 16.5. The number of hydrogen-bond acceptors (Lipinski definition) is 3. The summed E-state index contributed by atoms with van der Waals surface area (Å²) in [6.45, 7) is -0.329. The smallest absolute Gasteiger partial charge is 0.331 e. The third kappa shape index (κ3) is 4.78. The van der Waals surface area contributed by atoms with E-state index in [1.54, 1.807) is 6.08 Å². The van der Waals surface area contributed by atoms with Gasteiger partial charge < -0.3 is 10.1 Å². The Hall–Kier alpha value is -3.40. The minimum Gasteiger partial charge on any atom is -0.452 e. The van der Waals surface area contributed by atoms with E-state index in [1.807, 2.05) is 72.8 Å². The van der Waals surface area contributed by atoms with E-state index in [2.05, 4.69) is 5.32 Å². The molecule has 0 unspecified atom stereocenters. The predicted molar refractivity (Wildman–Crippen MR) is 99.0 cm³/mol. The molecule has 25 heavy (non-hydrogen) atoms. The highest BCUT2D eigenvalue weighted by Gasteiger charge is 2.06. The van der Waals surface area contributed by atoms with Gasteiger partial charge in [-0.2, -0.15) is 0 Å². The van der Waals surface area contributed by atoms with Gasteiger partial charge in [-0.15, -0.1) is 0 Å². The molecular formula is C21H17NO3. The number of fused-ring (bicyclic) bond motifs is 1. The number of benzene rings is 3. The first-order valence-corrected chi connectivity index (χ1v) is 7.89. The van der Waals surface area contributed by atoms with E-state index >= 15 is 0 Å². The van der Waals surface area contributed by atoms with Gasteiger partial charge in [-0.1, -0.05) is 60.7 Å². The molecule has 4 heteroatoms. The summed E-state index contributed by atoms with van der Waals surface area (Å²) in [6, 6.07) is 22.9. The van der Waals surface area contributed by atoms with E-state index in [4.69, 9.17) is 4.74 Å². The van der Waals surface area contributed by atoms with E-state index in [0.29, 0.717) is 5.69 Å². The molecule has 1 N–H and O–H groups in total. The number of amides is 1. The molecule has 4 nitrogen and oxygen atoms in total. The molecule has 0 fully saturated rings. The monoisotopic (exact) mass is 331 g/mol. The third-order valence-electron chi connectivity index (χ3n) is 3.59. The Morgan fingerprint density at radius 2 is 1.60 bits per heavy atom. The van der Waals surface area contributed by atoms with Crippen molar-refractivity contribution in [2.24, 2.45) is 0 Å². The zero-order chi connectivity index (χ0) is 17.5. The minimum absolute atomic E-state index is 0.329. The Morgan fingerprint density at radius 1 is 0.880 bits per heavy atom. The van der Waals surface area contributed by atoms with Crippen LogP contribution in [0.3, 0.4) is 0 Å². The number of carbonyl (C=O) groups is 2. The van der Waals surface area contributed by atoms with Crippen molar-refractivity contribution in [3.8, 4) is 0 Å². The molecular weight excluding hydrogens is 314 g/mol. The molecule has 0 saturated carbocycles. The van der Waals surface area contributed by atoms with Crippen molar-refractivity contribution >= 4 is 34.4 Å². The molecule has 0 saturated heterocycles. The summed E-state index contributed by atoms with van der Waals surface area (Å²) >= 11 is 0. The van der Waals surface area contributed by atoms with E-state index in [0.717, 1.165) is 16.3 Å². The molecule has 0 aliphatic carbocycles. The summed E-state index contributed by atoms with van der Waals surface area (Å²) in [7, 11) is 0. The van der Waals surface area contributed by atoms with Gasteiger partial charge in [-0.3, -0.25) is 4.79 Å². The maximum Gasteiger partial charge on any atom is 0.331 e. The van der Waals surface area contributed by atoms with Crippen LogP contribution in [0.25, 0.3) is 16.8 Å². The highest BCUT2D eigenvalue weighted by Crippen LogP contribution is 2.18. The molecule has 1 amide bonds. The Kier molecular flexibility index (Phi) is 5.22. The van der Waals surface area contributed by atoms with Crippen molar-refractivity contribution in [2.75, 3.05) is 11.9 Å². The lowest BCUT2D eigenvalue weighted by atomic mass is 10.1. The zero-order valence-electron chi connectivity index (χ0n) is 13.5. The Bertz CT molecular complexity index is 917. The third-order valence-corrected chi connectivity index (χ3v) is 3.59. The molecule has 0 aliphatic heterocycles. The molecule has 0 heterocycles. The van der Waals surface area contributed by atoms with Crippen LogP contribution in [0.5, 0.6) is 0 Å². The molecule has 0 spiro atoms. The minimum atomic E-state index is -0.558. The van der Waals surface area contributed by atoms with Gasteiger partial charge in [0, 0.05) is 11.8 Å². The lowest BCUT2D eigenvalue weighted by Gasteiger charge is -2.06. The SMILES string of the molecule is O=C(COC(=O)C=Cc1ccccc1)Nc1ccc2ccccc2c1. The average Bonchev–Trinajstić information content (AvgIpc) is 2.65. The van der Waals surface area contributed by atoms with Crippen molar-refractivity contribution < 1.29 is 14.3 Å². The van der Waals surface area contributed by atoms with Crippen molar-refractivity contribution in [3.63, 3.8) is 0 Å². The molecule has 0 atom stereocenters. The number of rotatable bonds is 5. The van der Waals surface area contributed by atoms with Gasteiger partial charge in [-0.25, -0.2) is 4.79 Å². The van der Waals surface area contributed by atoms with Crippen LogP contribution in [0.2, 0.25) is 0 Å².